The summed E-state index contributed by atoms with van der Waals surface area (Å²) in [4.78, 5) is 0. The minimum absolute atomic E-state index is 0. The fourth-order valence-electron chi connectivity index (χ4n) is 0.966. The SMILES string of the molecule is COc1[c-]c(C)cc(C)c1.[Y]. The third-order valence-electron chi connectivity index (χ3n) is 1.34. The van der Waals surface area contributed by atoms with E-state index in [1.807, 2.05) is 19.9 Å². The number of benzene rings is 1. The van der Waals surface area contributed by atoms with Gasteiger partial charge in [-0.15, -0.1) is 12.1 Å². The van der Waals surface area contributed by atoms with Crippen LogP contribution < -0.4 is 4.74 Å². The van der Waals surface area contributed by atoms with Crippen LogP contribution in [0.25, 0.3) is 0 Å². The second-order valence-corrected chi connectivity index (χ2v) is 2.41. The van der Waals surface area contributed by atoms with Crippen LogP contribution in [0.4, 0.5) is 0 Å². The molecule has 0 fully saturated rings. The van der Waals surface area contributed by atoms with Crippen LogP contribution in [0.15, 0.2) is 12.1 Å². The number of hydrogen-bond donors (Lipinski definition) is 0. The first kappa shape index (κ1) is 11.1. The Morgan fingerprint density at radius 3 is 2.36 bits per heavy atom. The number of aryl methyl sites for hydroxylation is 2. The van der Waals surface area contributed by atoms with E-state index in [1.165, 1.54) is 5.56 Å². The van der Waals surface area contributed by atoms with Crippen LogP contribution in [-0.4, -0.2) is 7.11 Å². The number of hydrogen-bond acceptors (Lipinski definition) is 1. The van der Waals surface area contributed by atoms with E-state index in [4.69, 9.17) is 4.74 Å². The Kier molecular flexibility index (Phi) is 4.95. The molecule has 0 bridgehead atoms. The van der Waals surface area contributed by atoms with Crippen LogP contribution in [0.1, 0.15) is 11.1 Å². The van der Waals surface area contributed by atoms with Crippen molar-refractivity contribution in [2.75, 3.05) is 7.11 Å². The summed E-state index contributed by atoms with van der Waals surface area (Å²) >= 11 is 0. The standard InChI is InChI=1S/C9H11O.Y/c1-7-4-8(2)6-9(5-7)10-3;/h4-5H,1-3H3;/q-1;. The van der Waals surface area contributed by atoms with Gasteiger partial charge in [-0.25, -0.2) is 0 Å². The smallest absolute Gasteiger partial charge is 0.0743 e. The maximum Gasteiger partial charge on any atom is 0.0743 e. The van der Waals surface area contributed by atoms with E-state index in [0.29, 0.717) is 0 Å². The first-order valence-corrected chi connectivity index (χ1v) is 3.27. The average Bonchev–Trinajstić information content (AvgIpc) is 1.85. The van der Waals surface area contributed by atoms with Crippen LogP contribution in [0.3, 0.4) is 0 Å². The first-order valence-electron chi connectivity index (χ1n) is 3.27. The molecule has 0 atom stereocenters. The monoisotopic (exact) mass is 224 g/mol. The van der Waals surface area contributed by atoms with Gasteiger partial charge < -0.3 is 4.74 Å². The molecule has 0 unspecified atom stereocenters. The van der Waals surface area contributed by atoms with Crippen LogP contribution in [0.2, 0.25) is 0 Å². The maximum atomic E-state index is 5.02. The molecule has 0 amide bonds. The average molecular weight is 224 g/mol. The molecule has 0 saturated heterocycles. The molecule has 0 aliphatic rings. The summed E-state index contributed by atoms with van der Waals surface area (Å²) in [5.74, 6) is 0.817. The quantitative estimate of drug-likeness (QED) is 0.664. The summed E-state index contributed by atoms with van der Waals surface area (Å²) in [7, 11) is 1.66. The molecule has 11 heavy (non-hydrogen) atoms. The van der Waals surface area contributed by atoms with E-state index in [-0.39, 0.29) is 32.7 Å². The predicted octanol–water partition coefficient (Wildman–Crippen LogP) is 2.11. The third kappa shape index (κ3) is 3.35. The van der Waals surface area contributed by atoms with Gasteiger partial charge in [-0.1, -0.05) is 13.8 Å². The van der Waals surface area contributed by atoms with Gasteiger partial charge in [-0.2, -0.15) is 17.2 Å². The molecule has 0 aliphatic heterocycles. The zero-order chi connectivity index (χ0) is 7.56. The van der Waals surface area contributed by atoms with Crippen molar-refractivity contribution in [3.8, 4) is 5.75 Å². The minimum atomic E-state index is 0. The molecule has 2 heteroatoms. The molecule has 0 aromatic heterocycles. The number of methoxy groups -OCH3 is 1. The Morgan fingerprint density at radius 1 is 1.27 bits per heavy atom. The van der Waals surface area contributed by atoms with Gasteiger partial charge in [0, 0.05) is 38.5 Å². The van der Waals surface area contributed by atoms with E-state index in [2.05, 4.69) is 12.1 Å². The second-order valence-electron chi connectivity index (χ2n) is 2.41. The van der Waals surface area contributed by atoms with E-state index in [0.717, 1.165) is 11.3 Å². The van der Waals surface area contributed by atoms with Gasteiger partial charge in [0.05, 0.1) is 7.11 Å². The largest absolute Gasteiger partial charge is 0.523 e. The minimum Gasteiger partial charge on any atom is -0.523 e. The molecule has 0 spiro atoms. The van der Waals surface area contributed by atoms with Crippen molar-refractivity contribution in [2.24, 2.45) is 0 Å². The maximum absolute atomic E-state index is 5.02. The molecule has 0 heterocycles. The molecule has 1 aromatic rings. The molecular formula is C9H11OY-. The third-order valence-corrected chi connectivity index (χ3v) is 1.34. The van der Waals surface area contributed by atoms with Crippen molar-refractivity contribution in [2.45, 2.75) is 13.8 Å². The van der Waals surface area contributed by atoms with Crippen LogP contribution in [-0.2, 0) is 32.7 Å². The van der Waals surface area contributed by atoms with Crippen molar-refractivity contribution < 1.29 is 37.4 Å². The summed E-state index contributed by atoms with van der Waals surface area (Å²) in [6.45, 7) is 4.05. The zero-order valence-corrected chi connectivity index (χ0v) is 9.98. The summed E-state index contributed by atoms with van der Waals surface area (Å²) < 4.78 is 5.02. The van der Waals surface area contributed by atoms with Crippen molar-refractivity contribution in [1.29, 1.82) is 0 Å². The van der Waals surface area contributed by atoms with Gasteiger partial charge in [0.25, 0.3) is 0 Å². The number of ether oxygens (including phenoxy) is 1. The zero-order valence-electron chi connectivity index (χ0n) is 7.14. The Labute approximate surface area is 93.0 Å². The van der Waals surface area contributed by atoms with Crippen molar-refractivity contribution in [3.63, 3.8) is 0 Å². The van der Waals surface area contributed by atoms with Gasteiger partial charge in [-0.05, 0) is 0 Å². The first-order chi connectivity index (χ1) is 4.72. The van der Waals surface area contributed by atoms with Crippen LogP contribution in [0.5, 0.6) is 5.75 Å². The Balaban J connectivity index is 0.000001000. The molecule has 0 N–H and O–H groups in total. The molecule has 1 rings (SSSR count). The fraction of sp³-hybridized carbons (Fsp3) is 0.333. The molecular weight excluding hydrogens is 213 g/mol. The van der Waals surface area contributed by atoms with Crippen LogP contribution in [0, 0.1) is 19.9 Å². The molecule has 0 aliphatic carbocycles. The summed E-state index contributed by atoms with van der Waals surface area (Å²) in [6.07, 6.45) is 0. The molecule has 1 aromatic carbocycles. The summed E-state index contributed by atoms with van der Waals surface area (Å²) in [5, 5.41) is 0. The van der Waals surface area contributed by atoms with E-state index >= 15 is 0 Å². The Bertz CT molecular complexity index is 213. The van der Waals surface area contributed by atoms with E-state index < -0.39 is 0 Å². The van der Waals surface area contributed by atoms with Crippen LogP contribution >= 0.6 is 0 Å². The topological polar surface area (TPSA) is 9.23 Å². The van der Waals surface area contributed by atoms with Gasteiger partial charge in [0.1, 0.15) is 0 Å². The van der Waals surface area contributed by atoms with Crippen molar-refractivity contribution in [1.82, 2.24) is 0 Å². The van der Waals surface area contributed by atoms with E-state index in [1.54, 1.807) is 7.11 Å². The normalized spacial score (nSPS) is 8.64. The second kappa shape index (κ2) is 4.89. The Hall–Kier alpha value is 0.124. The van der Waals surface area contributed by atoms with Gasteiger partial charge in [0.15, 0.2) is 0 Å². The molecule has 0 saturated carbocycles. The summed E-state index contributed by atoms with van der Waals surface area (Å²) in [5.41, 5.74) is 2.34. The number of rotatable bonds is 1. The molecule has 1 nitrogen and oxygen atoms in total. The van der Waals surface area contributed by atoms with Gasteiger partial charge in [0.2, 0.25) is 0 Å². The predicted molar refractivity (Wildman–Crippen MR) is 41.3 cm³/mol. The summed E-state index contributed by atoms with van der Waals surface area (Å²) in [6, 6.07) is 7.11. The van der Waals surface area contributed by atoms with E-state index in [9.17, 15) is 0 Å². The van der Waals surface area contributed by atoms with Crippen molar-refractivity contribution >= 4 is 0 Å². The van der Waals surface area contributed by atoms with Gasteiger partial charge in [-0.3, -0.25) is 0 Å². The van der Waals surface area contributed by atoms with Gasteiger partial charge >= 0.3 is 0 Å². The molecule has 1 radical (unpaired) electrons. The molecule has 57 valence electrons. The van der Waals surface area contributed by atoms with Crippen molar-refractivity contribution in [3.05, 3.63) is 29.3 Å². The Morgan fingerprint density at radius 2 is 1.91 bits per heavy atom. The fourth-order valence-corrected chi connectivity index (χ4v) is 0.966.